The Morgan fingerprint density at radius 3 is 2.89 bits per heavy atom. The standard InChI is InChI=1S/C23H32N4/c1-4-7-21-14-22(27(3)26-21)23(11-5-2)12-10-19(15-23)17-25-20-9-6-8-18(13-20)16-24/h6,8-9,13-14,19,25H,4-5,7,10-12,15,17H2,1-3H3. The van der Waals surface area contributed by atoms with Gasteiger partial charge in [-0.25, -0.2) is 0 Å². The first-order chi connectivity index (χ1) is 13.1. The maximum atomic E-state index is 9.08. The van der Waals surface area contributed by atoms with E-state index in [9.17, 15) is 0 Å². The molecule has 1 aliphatic carbocycles. The van der Waals surface area contributed by atoms with Gasteiger partial charge in [0.15, 0.2) is 0 Å². The largest absolute Gasteiger partial charge is 0.385 e. The van der Waals surface area contributed by atoms with Crippen molar-refractivity contribution in [2.75, 3.05) is 11.9 Å². The normalized spacial score (nSPS) is 21.9. The summed E-state index contributed by atoms with van der Waals surface area (Å²) in [6.45, 7) is 5.48. The lowest BCUT2D eigenvalue weighted by Gasteiger charge is -2.29. The molecule has 0 radical (unpaired) electrons. The highest BCUT2D eigenvalue weighted by atomic mass is 15.3. The molecular formula is C23H32N4. The Morgan fingerprint density at radius 2 is 2.15 bits per heavy atom. The third-order valence-corrected chi connectivity index (χ3v) is 6.01. The summed E-state index contributed by atoms with van der Waals surface area (Å²) in [6, 6.07) is 12.4. The Balaban J connectivity index is 1.70. The van der Waals surface area contributed by atoms with Gasteiger partial charge in [0.2, 0.25) is 0 Å². The molecule has 1 aromatic heterocycles. The van der Waals surface area contributed by atoms with E-state index in [-0.39, 0.29) is 5.41 Å². The fourth-order valence-corrected chi connectivity index (χ4v) is 4.84. The molecule has 4 nitrogen and oxygen atoms in total. The lowest BCUT2D eigenvalue weighted by molar-refractivity contribution is 0.358. The van der Waals surface area contributed by atoms with E-state index < -0.39 is 0 Å². The monoisotopic (exact) mass is 364 g/mol. The first-order valence-corrected chi connectivity index (χ1v) is 10.4. The second-order valence-corrected chi connectivity index (χ2v) is 8.11. The van der Waals surface area contributed by atoms with E-state index in [0.717, 1.165) is 25.1 Å². The minimum atomic E-state index is 0.267. The predicted molar refractivity (Wildman–Crippen MR) is 111 cm³/mol. The van der Waals surface area contributed by atoms with Crippen molar-refractivity contribution in [1.29, 1.82) is 5.26 Å². The van der Waals surface area contributed by atoms with Crippen molar-refractivity contribution >= 4 is 5.69 Å². The van der Waals surface area contributed by atoms with E-state index in [1.54, 1.807) is 0 Å². The topological polar surface area (TPSA) is 53.6 Å². The number of nitriles is 1. The summed E-state index contributed by atoms with van der Waals surface area (Å²) >= 11 is 0. The number of nitrogens with one attached hydrogen (secondary N) is 1. The summed E-state index contributed by atoms with van der Waals surface area (Å²) < 4.78 is 2.15. The van der Waals surface area contributed by atoms with E-state index in [1.165, 1.54) is 43.5 Å². The average Bonchev–Trinajstić information content (AvgIpc) is 3.25. The number of rotatable bonds is 8. The summed E-state index contributed by atoms with van der Waals surface area (Å²) in [5.41, 5.74) is 4.70. The van der Waals surface area contributed by atoms with Crippen molar-refractivity contribution in [1.82, 2.24) is 9.78 Å². The van der Waals surface area contributed by atoms with Crippen LogP contribution in [0.25, 0.3) is 0 Å². The molecule has 1 aliphatic rings. The molecule has 0 bridgehead atoms. The van der Waals surface area contributed by atoms with E-state index in [0.29, 0.717) is 11.5 Å². The van der Waals surface area contributed by atoms with Crippen LogP contribution in [0.3, 0.4) is 0 Å². The van der Waals surface area contributed by atoms with Crippen LogP contribution in [-0.4, -0.2) is 16.3 Å². The van der Waals surface area contributed by atoms with Gasteiger partial charge in [-0.2, -0.15) is 10.4 Å². The number of aryl methyl sites for hydroxylation is 2. The van der Waals surface area contributed by atoms with Gasteiger partial charge >= 0.3 is 0 Å². The van der Waals surface area contributed by atoms with Gasteiger partial charge in [0.05, 0.1) is 17.3 Å². The molecule has 1 heterocycles. The molecule has 1 saturated carbocycles. The van der Waals surface area contributed by atoms with Crippen LogP contribution < -0.4 is 5.32 Å². The highest BCUT2D eigenvalue weighted by Crippen LogP contribution is 2.47. The highest BCUT2D eigenvalue weighted by Gasteiger charge is 2.41. The number of anilines is 1. The molecule has 0 amide bonds. The molecule has 2 atom stereocenters. The minimum Gasteiger partial charge on any atom is -0.385 e. The first-order valence-electron chi connectivity index (χ1n) is 10.4. The van der Waals surface area contributed by atoms with Crippen LogP contribution in [0.4, 0.5) is 5.69 Å². The molecule has 1 fully saturated rings. The van der Waals surface area contributed by atoms with Crippen molar-refractivity contribution in [3.05, 3.63) is 47.3 Å². The molecule has 2 aromatic rings. The molecule has 0 saturated heterocycles. The van der Waals surface area contributed by atoms with Gasteiger partial charge in [0, 0.05) is 30.4 Å². The number of hydrogen-bond acceptors (Lipinski definition) is 3. The van der Waals surface area contributed by atoms with Crippen molar-refractivity contribution < 1.29 is 0 Å². The van der Waals surface area contributed by atoms with Crippen LogP contribution in [0.5, 0.6) is 0 Å². The molecule has 0 aliphatic heterocycles. The molecular weight excluding hydrogens is 332 g/mol. The lowest BCUT2D eigenvalue weighted by atomic mass is 9.77. The summed E-state index contributed by atoms with van der Waals surface area (Å²) in [5, 5.41) is 17.4. The van der Waals surface area contributed by atoms with Crippen molar-refractivity contribution in [2.24, 2.45) is 13.0 Å². The molecule has 27 heavy (non-hydrogen) atoms. The quantitative estimate of drug-likeness (QED) is 0.701. The second kappa shape index (κ2) is 8.61. The summed E-state index contributed by atoms with van der Waals surface area (Å²) in [5.74, 6) is 0.659. The van der Waals surface area contributed by atoms with Gasteiger partial charge in [-0.15, -0.1) is 0 Å². The van der Waals surface area contributed by atoms with Crippen LogP contribution in [-0.2, 0) is 18.9 Å². The summed E-state index contributed by atoms with van der Waals surface area (Å²) in [7, 11) is 2.12. The van der Waals surface area contributed by atoms with E-state index in [1.807, 2.05) is 24.3 Å². The third kappa shape index (κ3) is 4.35. The van der Waals surface area contributed by atoms with Crippen molar-refractivity contribution in [3.8, 4) is 6.07 Å². The molecule has 1 aromatic carbocycles. The Labute approximate surface area is 163 Å². The Hall–Kier alpha value is -2.28. The number of aromatic nitrogens is 2. The Bertz CT molecular complexity index is 801. The van der Waals surface area contributed by atoms with Gasteiger partial charge in [-0.1, -0.05) is 32.8 Å². The maximum Gasteiger partial charge on any atom is 0.0992 e. The molecule has 0 spiro atoms. The van der Waals surface area contributed by atoms with Crippen LogP contribution >= 0.6 is 0 Å². The molecule has 1 N–H and O–H groups in total. The minimum absolute atomic E-state index is 0.267. The number of hydrogen-bond donors (Lipinski definition) is 1. The number of nitrogens with zero attached hydrogens (tertiary/aromatic N) is 3. The average molecular weight is 365 g/mol. The maximum absolute atomic E-state index is 9.08. The van der Waals surface area contributed by atoms with Crippen LogP contribution in [0.2, 0.25) is 0 Å². The Kier molecular flexibility index (Phi) is 6.21. The van der Waals surface area contributed by atoms with Gasteiger partial charge < -0.3 is 5.32 Å². The number of benzene rings is 1. The molecule has 3 rings (SSSR count). The second-order valence-electron chi connectivity index (χ2n) is 8.11. The fraction of sp³-hybridized carbons (Fsp3) is 0.565. The van der Waals surface area contributed by atoms with Gasteiger partial charge in [-0.3, -0.25) is 4.68 Å². The SMILES string of the molecule is CCCc1cc(C2(CCC)CCC(CNc3cccc(C#N)c3)C2)n(C)n1. The summed E-state index contributed by atoms with van der Waals surface area (Å²) in [4.78, 5) is 0. The first kappa shape index (κ1) is 19.5. The zero-order valence-electron chi connectivity index (χ0n) is 17.0. The fourth-order valence-electron chi connectivity index (χ4n) is 4.84. The molecule has 2 unspecified atom stereocenters. The zero-order chi connectivity index (χ0) is 19.3. The van der Waals surface area contributed by atoms with Crippen molar-refractivity contribution in [2.45, 2.75) is 64.2 Å². The van der Waals surface area contributed by atoms with Gasteiger partial charge in [0.25, 0.3) is 0 Å². The molecule has 144 valence electrons. The highest BCUT2D eigenvalue weighted by molar-refractivity contribution is 5.49. The van der Waals surface area contributed by atoms with Crippen LogP contribution in [0.15, 0.2) is 30.3 Å². The Morgan fingerprint density at radius 1 is 1.30 bits per heavy atom. The van der Waals surface area contributed by atoms with Gasteiger partial charge in [0.1, 0.15) is 0 Å². The van der Waals surface area contributed by atoms with Gasteiger partial charge in [-0.05, 0) is 62.3 Å². The third-order valence-electron chi connectivity index (χ3n) is 6.01. The van der Waals surface area contributed by atoms with E-state index in [4.69, 9.17) is 10.4 Å². The van der Waals surface area contributed by atoms with E-state index in [2.05, 4.69) is 43.0 Å². The van der Waals surface area contributed by atoms with Crippen molar-refractivity contribution in [3.63, 3.8) is 0 Å². The smallest absolute Gasteiger partial charge is 0.0992 e. The van der Waals surface area contributed by atoms with Crippen LogP contribution in [0.1, 0.15) is 69.3 Å². The zero-order valence-corrected chi connectivity index (χ0v) is 17.0. The molecule has 4 heteroatoms. The van der Waals surface area contributed by atoms with Crippen LogP contribution in [0, 0.1) is 17.2 Å². The summed E-state index contributed by atoms with van der Waals surface area (Å²) in [6.07, 6.45) is 8.37. The lowest BCUT2D eigenvalue weighted by Crippen LogP contribution is -2.26. The predicted octanol–water partition coefficient (Wildman–Crippen LogP) is 5.19. The van der Waals surface area contributed by atoms with E-state index >= 15 is 0 Å².